The number of rotatable bonds is 2. The van der Waals surface area contributed by atoms with Gasteiger partial charge in [-0.3, -0.25) is 0 Å². The molecular formula is C9H6Cl4O4. The molecule has 0 radical (unpaired) electrons. The number of benzene rings is 1. The first kappa shape index (κ1) is 7.79. The molecule has 0 N–H and O–H groups in total. The molecule has 0 aromatic heterocycles. The molecular weight excluding hydrogens is 314 g/mol. The van der Waals surface area contributed by atoms with Crippen molar-refractivity contribution < 1.29 is 27.2 Å². The number of carbonyl (C=O) groups is 1. The molecule has 94 valence electrons. The van der Waals surface area contributed by atoms with E-state index in [1.807, 2.05) is 0 Å². The number of hydrogen-bond acceptors (Lipinski definition) is 4. The molecule has 0 bridgehead atoms. The van der Waals surface area contributed by atoms with Gasteiger partial charge >= 0.3 is 6.16 Å². The van der Waals surface area contributed by atoms with E-state index < -0.39 is 51.8 Å². The molecule has 0 saturated carbocycles. The molecule has 0 heterocycles. The van der Waals surface area contributed by atoms with E-state index in [0.717, 1.165) is 0 Å². The summed E-state index contributed by atoms with van der Waals surface area (Å²) in [5.41, 5.74) is 0. The molecule has 0 aliphatic carbocycles. The smallest absolute Gasteiger partial charge is 0.494 e. The van der Waals surface area contributed by atoms with Gasteiger partial charge in [0.1, 0.15) is 20.1 Å². The molecule has 0 aliphatic rings. The second-order valence-electron chi connectivity index (χ2n) is 2.47. The van der Waals surface area contributed by atoms with Gasteiger partial charge in [0.2, 0.25) is 0 Å². The Morgan fingerprint density at radius 2 is 1.53 bits per heavy atom. The van der Waals surface area contributed by atoms with Crippen molar-refractivity contribution in [2.75, 3.05) is 14.1 Å². The Kier molecular flexibility index (Phi) is 2.69. The summed E-state index contributed by atoms with van der Waals surface area (Å²) in [5, 5.41) is -2.06. The monoisotopic (exact) mass is 324 g/mol. The molecule has 0 atom stereocenters. The van der Waals surface area contributed by atoms with Crippen LogP contribution in [0, 0.1) is 0 Å². The Bertz CT molecular complexity index is 601. The van der Waals surface area contributed by atoms with Crippen molar-refractivity contribution in [3.8, 4) is 11.5 Å². The van der Waals surface area contributed by atoms with Gasteiger partial charge in [0, 0.05) is 0 Å². The predicted octanol–water partition coefficient (Wildman–Crippen LogP) is 4.45. The van der Waals surface area contributed by atoms with Crippen LogP contribution in [-0.4, -0.2) is 20.2 Å². The molecule has 0 saturated heterocycles. The van der Waals surface area contributed by atoms with Crippen molar-refractivity contribution in [2.24, 2.45) is 0 Å². The summed E-state index contributed by atoms with van der Waals surface area (Å²) >= 11 is 23.2. The Labute approximate surface area is 126 Å². The molecule has 1 aromatic rings. The fourth-order valence-corrected chi connectivity index (χ4v) is 1.85. The zero-order valence-electron chi connectivity index (χ0n) is 13.6. The SMILES string of the molecule is [2H]C([2H])([2H])OC(=O)Oc1c(Cl)c(Cl)c(OC([2H])([2H])[2H])c(Cl)c1Cl. The molecule has 0 amide bonds. The van der Waals surface area contributed by atoms with Crippen LogP contribution in [0.4, 0.5) is 4.79 Å². The maximum atomic E-state index is 11.3. The molecule has 17 heavy (non-hydrogen) atoms. The van der Waals surface area contributed by atoms with E-state index in [9.17, 15) is 4.79 Å². The first-order valence-corrected chi connectivity index (χ1v) is 5.20. The quantitative estimate of drug-likeness (QED) is 0.457. The molecule has 0 fully saturated rings. The topological polar surface area (TPSA) is 44.8 Å². The van der Waals surface area contributed by atoms with Gasteiger partial charge in [0.05, 0.1) is 22.3 Å². The van der Waals surface area contributed by atoms with Crippen LogP contribution in [0.5, 0.6) is 11.5 Å². The average molecular weight is 326 g/mol. The highest BCUT2D eigenvalue weighted by Crippen LogP contribution is 2.49. The predicted molar refractivity (Wildman–Crippen MR) is 66.1 cm³/mol. The van der Waals surface area contributed by atoms with Crippen LogP contribution >= 0.6 is 46.4 Å². The third-order valence-corrected chi connectivity index (χ3v) is 3.19. The third-order valence-electron chi connectivity index (χ3n) is 1.55. The average Bonchev–Trinajstić information content (AvgIpc) is 2.34. The molecule has 0 unspecified atom stereocenters. The van der Waals surface area contributed by atoms with E-state index in [2.05, 4.69) is 14.2 Å². The van der Waals surface area contributed by atoms with Gasteiger partial charge in [-0.15, -0.1) is 0 Å². The number of hydrogen-bond donors (Lipinski definition) is 0. The van der Waals surface area contributed by atoms with Gasteiger partial charge in [-0.2, -0.15) is 0 Å². The van der Waals surface area contributed by atoms with E-state index in [-0.39, 0.29) is 0 Å². The van der Waals surface area contributed by atoms with E-state index in [0.29, 0.717) is 0 Å². The van der Waals surface area contributed by atoms with Gasteiger partial charge in [-0.1, -0.05) is 46.4 Å². The number of halogens is 4. The Hall–Kier alpha value is -0.550. The van der Waals surface area contributed by atoms with Crippen LogP contribution in [0.2, 0.25) is 20.1 Å². The zero-order valence-corrected chi connectivity index (χ0v) is 10.7. The van der Waals surface area contributed by atoms with Gasteiger partial charge < -0.3 is 14.2 Å². The van der Waals surface area contributed by atoms with E-state index >= 15 is 0 Å². The highest BCUT2D eigenvalue weighted by Gasteiger charge is 2.24. The molecule has 4 nitrogen and oxygen atoms in total. The molecule has 0 spiro atoms. The highest BCUT2D eigenvalue weighted by atomic mass is 35.5. The first-order chi connectivity index (χ1) is 10.2. The Morgan fingerprint density at radius 3 is 2.00 bits per heavy atom. The summed E-state index contributed by atoms with van der Waals surface area (Å²) in [4.78, 5) is 11.3. The molecule has 1 aromatic carbocycles. The lowest BCUT2D eigenvalue weighted by atomic mass is 10.3. The number of carbonyl (C=O) groups excluding carboxylic acids is 1. The van der Waals surface area contributed by atoms with Gasteiger partial charge in [0.15, 0.2) is 11.5 Å². The van der Waals surface area contributed by atoms with E-state index in [4.69, 9.17) is 54.6 Å². The van der Waals surface area contributed by atoms with Crippen molar-refractivity contribution in [1.82, 2.24) is 0 Å². The van der Waals surface area contributed by atoms with Crippen molar-refractivity contribution in [3.05, 3.63) is 20.1 Å². The van der Waals surface area contributed by atoms with E-state index in [1.54, 1.807) is 0 Å². The second-order valence-corrected chi connectivity index (χ2v) is 3.98. The maximum Gasteiger partial charge on any atom is 0.513 e. The lowest BCUT2D eigenvalue weighted by Gasteiger charge is -2.13. The number of methoxy groups -OCH3 is 2. The third kappa shape index (κ3) is 2.83. The fraction of sp³-hybridized carbons (Fsp3) is 0.222. The lowest BCUT2D eigenvalue weighted by Crippen LogP contribution is -2.08. The minimum Gasteiger partial charge on any atom is -0.494 e. The summed E-state index contributed by atoms with van der Waals surface area (Å²) in [6.45, 7) is 0. The Morgan fingerprint density at radius 1 is 1.00 bits per heavy atom. The second kappa shape index (κ2) is 5.87. The minimum atomic E-state index is -3.06. The normalized spacial score (nSPS) is 16.7. The number of ether oxygens (including phenoxy) is 3. The fourth-order valence-electron chi connectivity index (χ4n) is 0.875. The largest absolute Gasteiger partial charge is 0.513 e. The van der Waals surface area contributed by atoms with Gasteiger partial charge in [0.25, 0.3) is 0 Å². The van der Waals surface area contributed by atoms with Crippen molar-refractivity contribution in [3.63, 3.8) is 0 Å². The van der Waals surface area contributed by atoms with Gasteiger partial charge in [-0.25, -0.2) is 4.79 Å². The lowest BCUT2D eigenvalue weighted by molar-refractivity contribution is 0.121. The molecule has 0 aliphatic heterocycles. The van der Waals surface area contributed by atoms with Crippen LogP contribution in [0.15, 0.2) is 0 Å². The van der Waals surface area contributed by atoms with Crippen molar-refractivity contribution >= 4 is 52.6 Å². The maximum absolute atomic E-state index is 11.3. The highest BCUT2D eigenvalue weighted by molar-refractivity contribution is 6.50. The summed E-state index contributed by atoms with van der Waals surface area (Å²) < 4.78 is 54.4. The van der Waals surface area contributed by atoms with Crippen molar-refractivity contribution in [1.29, 1.82) is 0 Å². The van der Waals surface area contributed by atoms with Crippen LogP contribution in [0.3, 0.4) is 0 Å². The van der Waals surface area contributed by atoms with Crippen molar-refractivity contribution in [2.45, 2.75) is 0 Å². The van der Waals surface area contributed by atoms with Crippen LogP contribution in [0.1, 0.15) is 8.22 Å². The van der Waals surface area contributed by atoms with Gasteiger partial charge in [-0.05, 0) is 0 Å². The zero-order chi connectivity index (χ0) is 18.2. The first-order valence-electron chi connectivity index (χ1n) is 6.68. The standard InChI is InChI=1S/C9H6Cl4O4/c1-15-7-3(10)5(12)8(6(13)4(7)11)17-9(14)16-2/h1-2H3/i1D3,2D3. The molecule has 8 heteroatoms. The summed E-state index contributed by atoms with van der Waals surface area (Å²) in [7, 11) is -5.96. The summed E-state index contributed by atoms with van der Waals surface area (Å²) in [6.07, 6.45) is -1.65. The van der Waals surface area contributed by atoms with E-state index in [1.165, 1.54) is 0 Å². The molecule has 1 rings (SSSR count). The van der Waals surface area contributed by atoms with Crippen LogP contribution < -0.4 is 9.47 Å². The summed E-state index contributed by atoms with van der Waals surface area (Å²) in [5.74, 6) is -1.17. The minimum absolute atomic E-state index is 0.506. The summed E-state index contributed by atoms with van der Waals surface area (Å²) in [6, 6.07) is 0. The Balaban J connectivity index is 3.25. The van der Waals surface area contributed by atoms with Crippen LogP contribution in [-0.2, 0) is 4.74 Å². The van der Waals surface area contributed by atoms with Crippen LogP contribution in [0.25, 0.3) is 0 Å².